The second-order valence-corrected chi connectivity index (χ2v) is 7.92. The second-order valence-electron chi connectivity index (χ2n) is 6.27. The number of halogens is 2. The maximum absolute atomic E-state index is 12.7. The van der Waals surface area contributed by atoms with Crippen LogP contribution in [0, 0.1) is 0 Å². The molecule has 0 radical (unpaired) electrons. The third-order valence-electron chi connectivity index (χ3n) is 4.15. The van der Waals surface area contributed by atoms with Crippen LogP contribution in [0.15, 0.2) is 59.0 Å². The zero-order chi connectivity index (χ0) is 21.5. The fourth-order valence-electron chi connectivity index (χ4n) is 2.66. The van der Waals surface area contributed by atoms with Crippen molar-refractivity contribution in [3.63, 3.8) is 0 Å². The first-order valence-electron chi connectivity index (χ1n) is 9.13. The summed E-state index contributed by atoms with van der Waals surface area (Å²) in [6.45, 7) is 4.43. The molecule has 2 amide bonds. The molecule has 0 unspecified atom stereocenters. The van der Waals surface area contributed by atoms with E-state index < -0.39 is 0 Å². The molecule has 1 aromatic carbocycles. The van der Waals surface area contributed by atoms with Gasteiger partial charge in [-0.15, -0.1) is 17.9 Å². The molecule has 3 rings (SSSR count). The number of hydrogen-bond donors (Lipinski definition) is 1. The highest BCUT2D eigenvalue weighted by molar-refractivity contribution is 7.14. The van der Waals surface area contributed by atoms with Crippen LogP contribution >= 0.6 is 34.5 Å². The Balaban J connectivity index is 1.60. The highest BCUT2D eigenvalue weighted by Crippen LogP contribution is 2.32. The van der Waals surface area contributed by atoms with Crippen LogP contribution in [0.3, 0.4) is 0 Å². The third-order valence-corrected chi connectivity index (χ3v) is 5.75. The normalized spacial score (nSPS) is 10.6. The monoisotopic (exact) mass is 463 g/mol. The van der Waals surface area contributed by atoms with Crippen molar-refractivity contribution in [2.75, 3.05) is 18.0 Å². The largest absolute Gasteiger partial charge is 0.459 e. The molecule has 0 aliphatic carbocycles. The summed E-state index contributed by atoms with van der Waals surface area (Å²) in [6.07, 6.45) is 3.83. The molecule has 0 fully saturated rings. The number of aromatic nitrogens is 1. The summed E-state index contributed by atoms with van der Waals surface area (Å²) in [5.41, 5.74) is 1.53. The van der Waals surface area contributed by atoms with Crippen molar-refractivity contribution in [3.8, 4) is 11.3 Å². The van der Waals surface area contributed by atoms with Crippen LogP contribution in [0.2, 0.25) is 10.0 Å². The van der Waals surface area contributed by atoms with Crippen LogP contribution in [0.1, 0.15) is 23.4 Å². The number of thiazole rings is 1. The molecule has 156 valence electrons. The maximum atomic E-state index is 12.7. The average molecular weight is 464 g/mol. The van der Waals surface area contributed by atoms with Crippen molar-refractivity contribution in [1.82, 2.24) is 10.3 Å². The van der Waals surface area contributed by atoms with E-state index in [1.54, 1.807) is 35.2 Å². The van der Waals surface area contributed by atoms with Crippen LogP contribution in [0.4, 0.5) is 5.13 Å². The van der Waals surface area contributed by atoms with Gasteiger partial charge in [-0.25, -0.2) is 4.98 Å². The number of nitrogens with one attached hydrogen (secondary N) is 1. The molecule has 6 nitrogen and oxygen atoms in total. The summed E-state index contributed by atoms with van der Waals surface area (Å²) in [5, 5.41) is 6.07. The molecule has 0 bridgehead atoms. The summed E-state index contributed by atoms with van der Waals surface area (Å²) in [5.74, 6) is -0.161. The van der Waals surface area contributed by atoms with Gasteiger partial charge in [-0.2, -0.15) is 0 Å². The molecule has 3 aromatic rings. The molecule has 0 spiro atoms. The first-order valence-corrected chi connectivity index (χ1v) is 10.8. The van der Waals surface area contributed by atoms with Crippen LogP contribution in [0.5, 0.6) is 0 Å². The lowest BCUT2D eigenvalue weighted by atomic mass is 10.2. The Morgan fingerprint density at radius 3 is 2.80 bits per heavy atom. The molecule has 0 saturated carbocycles. The van der Waals surface area contributed by atoms with E-state index in [0.29, 0.717) is 40.4 Å². The number of anilines is 1. The smallest absolute Gasteiger partial charge is 0.286 e. The van der Waals surface area contributed by atoms with Crippen molar-refractivity contribution in [3.05, 3.63) is 70.4 Å². The second kappa shape index (κ2) is 10.4. The summed E-state index contributed by atoms with van der Waals surface area (Å²) in [6, 6.07) is 8.51. The van der Waals surface area contributed by atoms with Crippen molar-refractivity contribution in [2.45, 2.75) is 12.8 Å². The van der Waals surface area contributed by atoms with Gasteiger partial charge in [-0.05, 0) is 30.7 Å². The van der Waals surface area contributed by atoms with Gasteiger partial charge in [0, 0.05) is 30.5 Å². The third kappa shape index (κ3) is 5.50. The van der Waals surface area contributed by atoms with Gasteiger partial charge in [-0.3, -0.25) is 14.5 Å². The fraction of sp³-hybridized carbons (Fsp3) is 0.190. The lowest BCUT2D eigenvalue weighted by molar-refractivity contribution is -0.118. The Hall–Kier alpha value is -2.61. The summed E-state index contributed by atoms with van der Waals surface area (Å²) >= 11 is 13.4. The van der Waals surface area contributed by atoms with E-state index in [1.807, 2.05) is 11.4 Å². The first-order chi connectivity index (χ1) is 14.5. The van der Waals surface area contributed by atoms with Gasteiger partial charge in [0.25, 0.3) is 5.91 Å². The van der Waals surface area contributed by atoms with Gasteiger partial charge >= 0.3 is 0 Å². The maximum Gasteiger partial charge on any atom is 0.286 e. The minimum absolute atomic E-state index is 0.0998. The van der Waals surface area contributed by atoms with Gasteiger partial charge < -0.3 is 9.73 Å². The van der Waals surface area contributed by atoms with Crippen LogP contribution in [0.25, 0.3) is 11.3 Å². The molecule has 1 N–H and O–H groups in total. The number of hydrogen-bond acceptors (Lipinski definition) is 5. The van der Waals surface area contributed by atoms with E-state index in [1.165, 1.54) is 17.6 Å². The first kappa shape index (κ1) is 22.1. The minimum atomic E-state index is -0.304. The van der Waals surface area contributed by atoms with Crippen LogP contribution < -0.4 is 10.2 Å². The van der Waals surface area contributed by atoms with E-state index >= 15 is 0 Å². The average Bonchev–Trinajstić information content (AvgIpc) is 3.43. The Bertz CT molecular complexity index is 1030. The fourth-order valence-corrected chi connectivity index (χ4v) is 3.82. The minimum Gasteiger partial charge on any atom is -0.459 e. The standard InChI is InChI=1S/C21H19Cl2N3O3S/c1-2-10-26(19(27)6-3-9-24-20(28)18-5-4-11-29-18)21-25-17(13-30-21)14-7-8-15(22)16(23)12-14/h2,4-5,7-8,11-13H,1,3,6,9-10H2,(H,24,28). The van der Waals surface area contributed by atoms with Crippen molar-refractivity contribution in [1.29, 1.82) is 0 Å². The van der Waals surface area contributed by atoms with Crippen LogP contribution in [-0.2, 0) is 4.79 Å². The lowest BCUT2D eigenvalue weighted by Crippen LogP contribution is -2.32. The Kier molecular flexibility index (Phi) is 7.68. The van der Waals surface area contributed by atoms with E-state index in [-0.39, 0.29) is 24.0 Å². The van der Waals surface area contributed by atoms with Crippen LogP contribution in [-0.4, -0.2) is 29.9 Å². The molecule has 0 saturated heterocycles. The predicted molar refractivity (Wildman–Crippen MR) is 120 cm³/mol. The van der Waals surface area contributed by atoms with Crippen molar-refractivity contribution in [2.24, 2.45) is 0 Å². The van der Waals surface area contributed by atoms with E-state index in [9.17, 15) is 9.59 Å². The highest BCUT2D eigenvalue weighted by atomic mass is 35.5. The van der Waals surface area contributed by atoms with Crippen molar-refractivity contribution >= 4 is 51.5 Å². The van der Waals surface area contributed by atoms with Gasteiger partial charge in [-0.1, -0.05) is 35.3 Å². The summed E-state index contributed by atoms with van der Waals surface area (Å²) in [7, 11) is 0. The number of benzene rings is 1. The molecule has 30 heavy (non-hydrogen) atoms. The van der Waals surface area contributed by atoms with E-state index in [4.69, 9.17) is 27.6 Å². The zero-order valence-electron chi connectivity index (χ0n) is 15.9. The quantitative estimate of drug-likeness (QED) is 0.338. The number of amides is 2. The Labute approximate surface area is 188 Å². The number of nitrogens with zero attached hydrogens (tertiary/aromatic N) is 2. The topological polar surface area (TPSA) is 75.4 Å². The molecule has 0 aliphatic heterocycles. The van der Waals surface area contributed by atoms with E-state index in [2.05, 4.69) is 16.9 Å². The molecular formula is C21H19Cl2N3O3S. The molecule has 2 aromatic heterocycles. The number of carbonyl (C=O) groups excluding carboxylic acids is 2. The Morgan fingerprint density at radius 2 is 2.10 bits per heavy atom. The van der Waals surface area contributed by atoms with Gasteiger partial charge in [0.1, 0.15) is 0 Å². The highest BCUT2D eigenvalue weighted by Gasteiger charge is 2.18. The zero-order valence-corrected chi connectivity index (χ0v) is 18.3. The van der Waals surface area contributed by atoms with Gasteiger partial charge in [0.05, 0.1) is 22.0 Å². The lowest BCUT2D eigenvalue weighted by Gasteiger charge is -2.18. The molecule has 0 atom stereocenters. The molecule has 0 aliphatic rings. The van der Waals surface area contributed by atoms with E-state index in [0.717, 1.165) is 5.56 Å². The van der Waals surface area contributed by atoms with Gasteiger partial charge in [0.15, 0.2) is 10.9 Å². The van der Waals surface area contributed by atoms with Crippen molar-refractivity contribution < 1.29 is 14.0 Å². The SMILES string of the molecule is C=CCN(C(=O)CCCNC(=O)c1ccco1)c1nc(-c2ccc(Cl)c(Cl)c2)cs1. The number of furan rings is 1. The summed E-state index contributed by atoms with van der Waals surface area (Å²) < 4.78 is 5.03. The summed E-state index contributed by atoms with van der Waals surface area (Å²) in [4.78, 5) is 30.7. The van der Waals surface area contributed by atoms with Gasteiger partial charge in [0.2, 0.25) is 5.91 Å². The Morgan fingerprint density at radius 1 is 1.27 bits per heavy atom. The number of rotatable bonds is 9. The molecular weight excluding hydrogens is 445 g/mol. The predicted octanol–water partition coefficient (Wildman–Crippen LogP) is 5.44. The molecule has 9 heteroatoms. The molecule has 2 heterocycles. The number of carbonyl (C=O) groups is 2.